The minimum atomic E-state index is -3.18. The zero-order valence-electron chi connectivity index (χ0n) is 11.5. The van der Waals surface area contributed by atoms with E-state index in [4.69, 9.17) is 0 Å². The Balaban J connectivity index is 2.97. The van der Waals surface area contributed by atoms with Gasteiger partial charge in [0.1, 0.15) is 0 Å². The largest absolute Gasteiger partial charge is 0.380 e. The fourth-order valence-electron chi connectivity index (χ4n) is 1.87. The first kappa shape index (κ1) is 15.0. The molecule has 4 nitrogen and oxygen atoms in total. The lowest BCUT2D eigenvalue weighted by Gasteiger charge is -2.21. The Morgan fingerprint density at radius 2 is 1.89 bits per heavy atom. The van der Waals surface area contributed by atoms with Crippen molar-refractivity contribution in [2.45, 2.75) is 24.8 Å². The van der Waals surface area contributed by atoms with Gasteiger partial charge in [-0.1, -0.05) is 19.1 Å². The molecule has 102 valence electrons. The molecule has 18 heavy (non-hydrogen) atoms. The van der Waals surface area contributed by atoms with E-state index in [0.717, 1.165) is 6.54 Å². The SMILES string of the molecule is CCS(=O)(=O)c1ccccc1NC(C)CN(C)C. The Labute approximate surface area is 110 Å². The van der Waals surface area contributed by atoms with Crippen molar-refractivity contribution in [1.82, 2.24) is 4.90 Å². The highest BCUT2D eigenvalue weighted by atomic mass is 32.2. The molecule has 0 aromatic heterocycles. The summed E-state index contributed by atoms with van der Waals surface area (Å²) in [7, 11) is 0.807. The van der Waals surface area contributed by atoms with Gasteiger partial charge in [-0.3, -0.25) is 0 Å². The van der Waals surface area contributed by atoms with Crippen molar-refractivity contribution in [1.29, 1.82) is 0 Å². The topological polar surface area (TPSA) is 49.4 Å². The Morgan fingerprint density at radius 1 is 1.28 bits per heavy atom. The van der Waals surface area contributed by atoms with Crippen molar-refractivity contribution in [3.8, 4) is 0 Å². The molecule has 1 rings (SSSR count). The molecule has 0 radical (unpaired) electrons. The van der Waals surface area contributed by atoms with Gasteiger partial charge in [-0.05, 0) is 33.2 Å². The molecule has 0 aliphatic rings. The van der Waals surface area contributed by atoms with E-state index in [9.17, 15) is 8.42 Å². The van der Waals surface area contributed by atoms with Crippen molar-refractivity contribution >= 4 is 15.5 Å². The number of sulfone groups is 1. The molecular weight excluding hydrogens is 248 g/mol. The summed E-state index contributed by atoms with van der Waals surface area (Å²) in [4.78, 5) is 2.45. The fourth-order valence-corrected chi connectivity index (χ4v) is 2.93. The Kier molecular flexibility index (Phi) is 5.16. The summed E-state index contributed by atoms with van der Waals surface area (Å²) in [5.41, 5.74) is 0.689. The van der Waals surface area contributed by atoms with Crippen molar-refractivity contribution < 1.29 is 8.42 Å². The highest BCUT2D eigenvalue weighted by Gasteiger charge is 2.17. The molecule has 1 aromatic rings. The van der Waals surface area contributed by atoms with Crippen LogP contribution in [0.2, 0.25) is 0 Å². The smallest absolute Gasteiger partial charge is 0.180 e. The van der Waals surface area contributed by atoms with Gasteiger partial charge in [-0.15, -0.1) is 0 Å². The highest BCUT2D eigenvalue weighted by Crippen LogP contribution is 2.22. The lowest BCUT2D eigenvalue weighted by atomic mass is 10.2. The maximum Gasteiger partial charge on any atom is 0.180 e. The van der Waals surface area contributed by atoms with Gasteiger partial charge < -0.3 is 10.2 Å². The summed E-state index contributed by atoms with van der Waals surface area (Å²) in [6, 6.07) is 7.26. The van der Waals surface area contributed by atoms with Crippen LogP contribution in [-0.4, -0.2) is 45.8 Å². The summed E-state index contributed by atoms with van der Waals surface area (Å²) in [5, 5.41) is 3.26. The first-order valence-corrected chi connectivity index (χ1v) is 7.75. The van der Waals surface area contributed by atoms with E-state index in [1.165, 1.54) is 0 Å². The number of anilines is 1. The maximum atomic E-state index is 12.0. The number of likely N-dealkylation sites (N-methyl/N-ethyl adjacent to an activating group) is 1. The van der Waals surface area contributed by atoms with Crippen molar-refractivity contribution in [2.24, 2.45) is 0 Å². The third-order valence-corrected chi connectivity index (χ3v) is 4.43. The molecule has 1 unspecified atom stereocenters. The average Bonchev–Trinajstić information content (AvgIpc) is 2.28. The van der Waals surface area contributed by atoms with Crippen LogP contribution in [-0.2, 0) is 9.84 Å². The first-order chi connectivity index (χ1) is 8.36. The molecule has 0 aliphatic carbocycles. The van der Waals surface area contributed by atoms with Crippen LogP contribution in [0, 0.1) is 0 Å². The summed E-state index contributed by atoms with van der Waals surface area (Å²) in [5.74, 6) is 0.119. The number of benzene rings is 1. The zero-order valence-corrected chi connectivity index (χ0v) is 12.3. The van der Waals surface area contributed by atoms with Gasteiger partial charge in [0.05, 0.1) is 16.3 Å². The molecule has 0 aliphatic heterocycles. The van der Waals surface area contributed by atoms with Crippen LogP contribution in [0.25, 0.3) is 0 Å². The van der Waals surface area contributed by atoms with Gasteiger partial charge in [0.15, 0.2) is 9.84 Å². The Morgan fingerprint density at radius 3 is 2.44 bits per heavy atom. The van der Waals surface area contributed by atoms with Crippen molar-refractivity contribution in [2.75, 3.05) is 31.7 Å². The van der Waals surface area contributed by atoms with E-state index in [-0.39, 0.29) is 11.8 Å². The van der Waals surface area contributed by atoms with Crippen LogP contribution in [0.3, 0.4) is 0 Å². The average molecular weight is 270 g/mol. The van der Waals surface area contributed by atoms with E-state index in [2.05, 4.69) is 10.2 Å². The molecule has 1 N–H and O–H groups in total. The summed E-state index contributed by atoms with van der Waals surface area (Å²) < 4.78 is 24.0. The van der Waals surface area contributed by atoms with E-state index in [1.54, 1.807) is 19.1 Å². The van der Waals surface area contributed by atoms with Gasteiger partial charge in [-0.25, -0.2) is 8.42 Å². The number of nitrogens with one attached hydrogen (secondary N) is 1. The first-order valence-electron chi connectivity index (χ1n) is 6.10. The molecule has 0 bridgehead atoms. The summed E-state index contributed by atoms with van der Waals surface area (Å²) >= 11 is 0. The van der Waals surface area contributed by atoms with Crippen LogP contribution < -0.4 is 5.32 Å². The number of hydrogen-bond donors (Lipinski definition) is 1. The van der Waals surface area contributed by atoms with E-state index >= 15 is 0 Å². The van der Waals surface area contributed by atoms with Gasteiger partial charge in [0.25, 0.3) is 0 Å². The normalized spacial score (nSPS) is 13.6. The van der Waals surface area contributed by atoms with Crippen molar-refractivity contribution in [3.63, 3.8) is 0 Å². The van der Waals surface area contributed by atoms with Crippen LogP contribution in [0.5, 0.6) is 0 Å². The molecule has 0 fully saturated rings. The second-order valence-corrected chi connectivity index (χ2v) is 6.95. The highest BCUT2D eigenvalue weighted by molar-refractivity contribution is 7.91. The van der Waals surface area contributed by atoms with Gasteiger partial charge in [0.2, 0.25) is 0 Å². The lowest BCUT2D eigenvalue weighted by molar-refractivity contribution is 0.392. The third-order valence-electron chi connectivity index (χ3n) is 2.64. The molecule has 1 atom stereocenters. The molecular formula is C13H22N2O2S. The monoisotopic (exact) mass is 270 g/mol. The lowest BCUT2D eigenvalue weighted by Crippen LogP contribution is -2.30. The van der Waals surface area contributed by atoms with Gasteiger partial charge >= 0.3 is 0 Å². The van der Waals surface area contributed by atoms with Crippen LogP contribution in [0.4, 0.5) is 5.69 Å². The number of rotatable bonds is 6. The maximum absolute atomic E-state index is 12.0. The predicted molar refractivity (Wildman–Crippen MR) is 75.8 cm³/mol. The minimum absolute atomic E-state index is 0.119. The molecule has 1 aromatic carbocycles. The second-order valence-electron chi connectivity index (χ2n) is 4.71. The standard InChI is InChI=1S/C13H22N2O2S/c1-5-18(16,17)13-9-7-6-8-12(13)14-11(2)10-15(3)4/h6-9,11,14H,5,10H2,1-4H3. The molecule has 0 amide bonds. The van der Waals surface area contributed by atoms with E-state index in [0.29, 0.717) is 10.6 Å². The fraction of sp³-hybridized carbons (Fsp3) is 0.538. The van der Waals surface area contributed by atoms with E-state index in [1.807, 2.05) is 33.2 Å². The number of para-hydroxylation sites is 1. The van der Waals surface area contributed by atoms with Crippen LogP contribution in [0.1, 0.15) is 13.8 Å². The molecule has 0 heterocycles. The Bertz CT molecular complexity index is 484. The van der Waals surface area contributed by atoms with E-state index < -0.39 is 9.84 Å². The van der Waals surface area contributed by atoms with Gasteiger partial charge in [0, 0.05) is 12.6 Å². The quantitative estimate of drug-likeness (QED) is 0.857. The van der Waals surface area contributed by atoms with Gasteiger partial charge in [-0.2, -0.15) is 0 Å². The molecule has 0 saturated heterocycles. The number of hydrogen-bond acceptors (Lipinski definition) is 4. The molecule has 0 spiro atoms. The van der Waals surface area contributed by atoms with Crippen LogP contribution >= 0.6 is 0 Å². The number of nitrogens with zero attached hydrogens (tertiary/aromatic N) is 1. The Hall–Kier alpha value is -1.07. The van der Waals surface area contributed by atoms with Crippen LogP contribution in [0.15, 0.2) is 29.2 Å². The minimum Gasteiger partial charge on any atom is -0.380 e. The summed E-state index contributed by atoms with van der Waals surface area (Å²) in [6.07, 6.45) is 0. The predicted octanol–water partition coefficient (Wildman–Crippen LogP) is 1.84. The third kappa shape index (κ3) is 3.99. The second kappa shape index (κ2) is 6.20. The van der Waals surface area contributed by atoms with Crippen molar-refractivity contribution in [3.05, 3.63) is 24.3 Å². The zero-order chi connectivity index (χ0) is 13.8. The molecule has 0 saturated carbocycles. The summed E-state index contributed by atoms with van der Waals surface area (Å²) in [6.45, 7) is 4.55. The molecule has 5 heteroatoms.